The molecule has 0 aliphatic carbocycles. The van der Waals surface area contributed by atoms with E-state index in [2.05, 4.69) is 34.5 Å². The predicted molar refractivity (Wildman–Crippen MR) is 118 cm³/mol. The summed E-state index contributed by atoms with van der Waals surface area (Å²) in [6.45, 7) is 4.24. The van der Waals surface area contributed by atoms with E-state index in [9.17, 15) is 0 Å². The van der Waals surface area contributed by atoms with Crippen LogP contribution in [0.1, 0.15) is 37.3 Å². The number of ether oxygens (including phenoxy) is 1. The molecule has 4 heterocycles. The second-order valence-electron chi connectivity index (χ2n) is 7.30. The van der Waals surface area contributed by atoms with Crippen molar-refractivity contribution in [2.24, 2.45) is 0 Å². The number of rotatable bonds is 8. The van der Waals surface area contributed by atoms with Crippen molar-refractivity contribution in [3.63, 3.8) is 0 Å². The van der Waals surface area contributed by atoms with Gasteiger partial charge in [0.15, 0.2) is 5.82 Å². The van der Waals surface area contributed by atoms with E-state index in [0.29, 0.717) is 17.4 Å². The van der Waals surface area contributed by atoms with Crippen LogP contribution in [0.4, 0.5) is 11.5 Å². The van der Waals surface area contributed by atoms with Crippen molar-refractivity contribution in [2.75, 3.05) is 12.4 Å². The molecule has 0 aromatic carbocycles. The molecule has 0 unspecified atom stereocenters. The molecule has 4 rings (SSSR count). The van der Waals surface area contributed by atoms with E-state index < -0.39 is 0 Å². The summed E-state index contributed by atoms with van der Waals surface area (Å²) in [7, 11) is 1.60. The summed E-state index contributed by atoms with van der Waals surface area (Å²) in [5.41, 5.74) is 4.85. The van der Waals surface area contributed by atoms with Crippen LogP contribution in [0.3, 0.4) is 0 Å². The Hall–Kier alpha value is -3.48. The molecule has 0 fully saturated rings. The maximum absolute atomic E-state index is 5.27. The van der Waals surface area contributed by atoms with Crippen LogP contribution in [-0.4, -0.2) is 31.7 Å². The van der Waals surface area contributed by atoms with Gasteiger partial charge in [0.25, 0.3) is 0 Å². The van der Waals surface area contributed by atoms with Gasteiger partial charge in [0.05, 0.1) is 7.11 Å². The van der Waals surface area contributed by atoms with Crippen molar-refractivity contribution in [2.45, 2.75) is 39.5 Å². The molecular formula is C23H26N6O. The Morgan fingerprint density at radius 3 is 2.83 bits per heavy atom. The number of nitrogens with one attached hydrogen (secondary N) is 1. The van der Waals surface area contributed by atoms with Crippen LogP contribution < -0.4 is 10.1 Å². The highest BCUT2D eigenvalue weighted by Crippen LogP contribution is 2.26. The molecular weight excluding hydrogens is 376 g/mol. The van der Waals surface area contributed by atoms with Crippen LogP contribution in [0.15, 0.2) is 48.9 Å². The molecule has 4 aromatic rings. The van der Waals surface area contributed by atoms with Gasteiger partial charge in [-0.3, -0.25) is 4.98 Å². The third-order valence-corrected chi connectivity index (χ3v) is 5.02. The number of aromatic nitrogens is 5. The molecule has 30 heavy (non-hydrogen) atoms. The molecule has 0 saturated heterocycles. The molecule has 7 nitrogen and oxygen atoms in total. The number of hydrogen-bond donors (Lipinski definition) is 1. The van der Waals surface area contributed by atoms with Gasteiger partial charge < -0.3 is 10.1 Å². The smallest absolute Gasteiger partial charge is 0.213 e. The van der Waals surface area contributed by atoms with Crippen LogP contribution in [0, 0.1) is 6.92 Å². The van der Waals surface area contributed by atoms with E-state index in [1.807, 2.05) is 41.9 Å². The van der Waals surface area contributed by atoms with Gasteiger partial charge in [-0.25, -0.2) is 14.5 Å². The van der Waals surface area contributed by atoms with E-state index in [1.54, 1.807) is 13.3 Å². The van der Waals surface area contributed by atoms with E-state index in [0.717, 1.165) is 35.4 Å². The normalized spacial score (nSPS) is 11.0. The van der Waals surface area contributed by atoms with Crippen molar-refractivity contribution in [3.8, 4) is 17.4 Å². The maximum Gasteiger partial charge on any atom is 0.213 e. The Morgan fingerprint density at radius 1 is 1.13 bits per heavy atom. The Kier molecular flexibility index (Phi) is 5.88. The summed E-state index contributed by atoms with van der Waals surface area (Å²) in [6.07, 6.45) is 10.3. The molecule has 0 saturated carbocycles. The molecule has 0 aliphatic heterocycles. The number of anilines is 2. The first kappa shape index (κ1) is 19.8. The lowest BCUT2D eigenvalue weighted by molar-refractivity contribution is 0.398. The summed E-state index contributed by atoms with van der Waals surface area (Å²) in [4.78, 5) is 13.5. The molecule has 0 spiro atoms. The van der Waals surface area contributed by atoms with Crippen molar-refractivity contribution in [1.82, 2.24) is 24.6 Å². The van der Waals surface area contributed by atoms with Gasteiger partial charge in [-0.2, -0.15) is 0 Å². The molecule has 0 bridgehead atoms. The topological polar surface area (TPSA) is 77.2 Å². The molecule has 0 amide bonds. The fourth-order valence-corrected chi connectivity index (χ4v) is 3.36. The van der Waals surface area contributed by atoms with E-state index in [4.69, 9.17) is 14.8 Å². The van der Waals surface area contributed by atoms with Gasteiger partial charge in [-0.15, -0.1) is 5.10 Å². The van der Waals surface area contributed by atoms with Gasteiger partial charge in [0, 0.05) is 30.3 Å². The third kappa shape index (κ3) is 4.25. The number of aryl methyl sites for hydroxylation is 2. The zero-order valence-electron chi connectivity index (χ0n) is 17.6. The average molecular weight is 403 g/mol. The number of unbranched alkanes of at least 4 members (excludes halogenated alkanes) is 2. The average Bonchev–Trinajstić information content (AvgIpc) is 3.19. The first-order chi connectivity index (χ1) is 14.7. The van der Waals surface area contributed by atoms with Crippen LogP contribution in [0.5, 0.6) is 5.88 Å². The van der Waals surface area contributed by atoms with Crippen molar-refractivity contribution >= 4 is 17.0 Å². The number of methoxy groups -OCH3 is 1. The van der Waals surface area contributed by atoms with Gasteiger partial charge >= 0.3 is 0 Å². The highest BCUT2D eigenvalue weighted by Gasteiger charge is 2.14. The van der Waals surface area contributed by atoms with Gasteiger partial charge in [-0.05, 0) is 49.1 Å². The van der Waals surface area contributed by atoms with Crippen LogP contribution in [0.2, 0.25) is 0 Å². The van der Waals surface area contributed by atoms with Gasteiger partial charge in [0.2, 0.25) is 11.7 Å². The number of fused-ring (bicyclic) bond motifs is 1. The highest BCUT2D eigenvalue weighted by atomic mass is 16.5. The Balaban J connectivity index is 1.79. The fourth-order valence-electron chi connectivity index (χ4n) is 3.36. The summed E-state index contributed by atoms with van der Waals surface area (Å²) in [5.74, 6) is 1.80. The monoisotopic (exact) mass is 402 g/mol. The standard InChI is InChI=1S/C23H26N6O/c1-4-5-6-8-17-13-20-23(26-18-11-12-24-14-16(18)2)27-22(28-29(20)15-17)19-9-7-10-21(25-19)30-3/h7,9-15H,4-6,8H2,1-3H3,(H,24,26,27,28). The zero-order chi connectivity index (χ0) is 20.9. The Bertz CT molecular complexity index is 1150. The summed E-state index contributed by atoms with van der Waals surface area (Å²) in [6, 6.07) is 9.69. The summed E-state index contributed by atoms with van der Waals surface area (Å²) < 4.78 is 7.16. The lowest BCUT2D eigenvalue weighted by atomic mass is 10.1. The molecule has 0 radical (unpaired) electrons. The quantitative estimate of drug-likeness (QED) is 0.419. The fraction of sp³-hybridized carbons (Fsp3) is 0.304. The van der Waals surface area contributed by atoms with Crippen molar-refractivity contribution in [3.05, 3.63) is 60.0 Å². The van der Waals surface area contributed by atoms with E-state index >= 15 is 0 Å². The molecule has 0 aliphatic rings. The third-order valence-electron chi connectivity index (χ3n) is 5.02. The van der Waals surface area contributed by atoms with Crippen molar-refractivity contribution in [1.29, 1.82) is 0 Å². The van der Waals surface area contributed by atoms with Crippen LogP contribution in [0.25, 0.3) is 17.0 Å². The molecule has 7 heteroatoms. The second-order valence-corrected chi connectivity index (χ2v) is 7.30. The lowest BCUT2D eigenvalue weighted by Gasteiger charge is -2.11. The van der Waals surface area contributed by atoms with Gasteiger partial charge in [-0.1, -0.05) is 25.8 Å². The van der Waals surface area contributed by atoms with E-state index in [1.165, 1.54) is 18.4 Å². The minimum atomic E-state index is 0.531. The summed E-state index contributed by atoms with van der Waals surface area (Å²) >= 11 is 0. The molecule has 0 atom stereocenters. The maximum atomic E-state index is 5.27. The second kappa shape index (κ2) is 8.90. The van der Waals surface area contributed by atoms with Crippen molar-refractivity contribution < 1.29 is 4.74 Å². The minimum Gasteiger partial charge on any atom is -0.481 e. The predicted octanol–water partition coefficient (Wildman–Crippen LogP) is 4.98. The van der Waals surface area contributed by atoms with Gasteiger partial charge in [0.1, 0.15) is 11.2 Å². The van der Waals surface area contributed by atoms with E-state index in [-0.39, 0.29) is 0 Å². The number of pyridine rings is 2. The number of nitrogens with zero attached hydrogens (tertiary/aromatic N) is 5. The number of hydrogen-bond acceptors (Lipinski definition) is 6. The lowest BCUT2D eigenvalue weighted by Crippen LogP contribution is -2.05. The minimum absolute atomic E-state index is 0.531. The largest absolute Gasteiger partial charge is 0.481 e. The Labute approximate surface area is 176 Å². The SMILES string of the molecule is CCCCCc1cc2c(Nc3ccncc3C)nc(-c3cccc(OC)n3)nn2c1. The van der Waals surface area contributed by atoms with Crippen LogP contribution in [-0.2, 0) is 6.42 Å². The highest BCUT2D eigenvalue weighted by molar-refractivity contribution is 5.76. The molecule has 4 aromatic heterocycles. The zero-order valence-corrected chi connectivity index (χ0v) is 17.6. The first-order valence-electron chi connectivity index (χ1n) is 10.3. The molecule has 154 valence electrons. The Morgan fingerprint density at radius 2 is 2.03 bits per heavy atom. The summed E-state index contributed by atoms with van der Waals surface area (Å²) in [5, 5.41) is 8.19. The molecule has 1 N–H and O–H groups in total. The first-order valence-corrected chi connectivity index (χ1v) is 10.3. The van der Waals surface area contributed by atoms with Crippen LogP contribution >= 0.6 is 0 Å².